The number of carbonyl (C=O) groups excluding carboxylic acids is 1. The third-order valence-electron chi connectivity index (χ3n) is 6.19. The minimum absolute atomic E-state index is 0.0660. The molecular formula is C19H27NO2. The number of hydrogen-bond donors (Lipinski definition) is 0. The van der Waals surface area contributed by atoms with Crippen molar-refractivity contribution in [1.82, 2.24) is 4.90 Å². The van der Waals surface area contributed by atoms with E-state index in [9.17, 15) is 4.79 Å². The van der Waals surface area contributed by atoms with Crippen LogP contribution in [0.3, 0.4) is 0 Å². The average Bonchev–Trinajstić information content (AvgIpc) is 3.00. The first kappa shape index (κ1) is 15.5. The van der Waals surface area contributed by atoms with Crippen LogP contribution in [0.5, 0.6) is 0 Å². The topological polar surface area (TPSA) is 29.5 Å². The van der Waals surface area contributed by atoms with E-state index in [1.54, 1.807) is 0 Å². The van der Waals surface area contributed by atoms with Gasteiger partial charge in [0.1, 0.15) is 0 Å². The van der Waals surface area contributed by atoms with E-state index in [1.165, 1.54) is 0 Å². The molecule has 2 aliphatic heterocycles. The predicted octanol–water partition coefficient (Wildman–Crippen LogP) is 3.86. The summed E-state index contributed by atoms with van der Waals surface area (Å²) in [5.74, 6) is 1.54. The zero-order chi connectivity index (χ0) is 16.1. The molecular weight excluding hydrogens is 274 g/mol. The Morgan fingerprint density at radius 2 is 1.82 bits per heavy atom. The summed E-state index contributed by atoms with van der Waals surface area (Å²) < 4.78 is 6.17. The van der Waals surface area contributed by atoms with Gasteiger partial charge in [-0.2, -0.15) is 0 Å². The maximum Gasteiger partial charge on any atom is 0.228 e. The van der Waals surface area contributed by atoms with E-state index in [2.05, 4.69) is 51.7 Å². The van der Waals surface area contributed by atoms with Crippen LogP contribution >= 0.6 is 0 Å². The van der Waals surface area contributed by atoms with Crippen LogP contribution in [-0.2, 0) is 9.53 Å². The van der Waals surface area contributed by atoms with Crippen molar-refractivity contribution in [3.63, 3.8) is 0 Å². The van der Waals surface area contributed by atoms with Gasteiger partial charge in [0.2, 0.25) is 5.91 Å². The second-order valence-electron chi connectivity index (χ2n) is 7.38. The van der Waals surface area contributed by atoms with Crippen molar-refractivity contribution in [1.29, 1.82) is 0 Å². The number of amides is 1. The number of carbonyl (C=O) groups is 1. The van der Waals surface area contributed by atoms with Crippen molar-refractivity contribution in [3.05, 3.63) is 35.9 Å². The molecule has 0 aliphatic carbocycles. The quantitative estimate of drug-likeness (QED) is 0.848. The summed E-state index contributed by atoms with van der Waals surface area (Å²) in [7, 11) is 0. The van der Waals surface area contributed by atoms with Gasteiger partial charge in [-0.25, -0.2) is 0 Å². The molecule has 3 rings (SSSR count). The highest BCUT2D eigenvalue weighted by Crippen LogP contribution is 2.54. The fourth-order valence-electron chi connectivity index (χ4n) is 4.32. The van der Waals surface area contributed by atoms with Gasteiger partial charge in [-0.3, -0.25) is 4.79 Å². The number of nitrogens with zero attached hydrogens (tertiary/aromatic N) is 1. The molecule has 1 aromatic carbocycles. The third-order valence-corrected chi connectivity index (χ3v) is 6.19. The zero-order valence-corrected chi connectivity index (χ0v) is 14.2. The molecule has 1 amide bonds. The molecule has 1 aromatic rings. The van der Waals surface area contributed by atoms with E-state index in [1.807, 2.05) is 18.2 Å². The van der Waals surface area contributed by atoms with Crippen LogP contribution in [0.4, 0.5) is 0 Å². The normalized spacial score (nSPS) is 36.0. The summed E-state index contributed by atoms with van der Waals surface area (Å²) in [6.45, 7) is 11.7. The molecule has 1 unspecified atom stereocenters. The van der Waals surface area contributed by atoms with Crippen LogP contribution in [-0.4, -0.2) is 23.0 Å². The third kappa shape index (κ3) is 1.95. The minimum atomic E-state index is -0.234. The highest BCUT2D eigenvalue weighted by Gasteiger charge is 2.63. The molecule has 0 spiro atoms. The smallest absolute Gasteiger partial charge is 0.228 e. The Morgan fingerprint density at radius 3 is 2.41 bits per heavy atom. The van der Waals surface area contributed by atoms with Gasteiger partial charge in [0.15, 0.2) is 6.23 Å². The molecule has 120 valence electrons. The van der Waals surface area contributed by atoms with Crippen molar-refractivity contribution in [2.75, 3.05) is 6.61 Å². The Morgan fingerprint density at radius 1 is 1.18 bits per heavy atom. The monoisotopic (exact) mass is 301 g/mol. The zero-order valence-electron chi connectivity index (χ0n) is 14.2. The molecule has 5 atom stereocenters. The van der Waals surface area contributed by atoms with E-state index in [4.69, 9.17) is 4.74 Å². The van der Waals surface area contributed by atoms with Gasteiger partial charge in [0.05, 0.1) is 12.1 Å². The lowest BCUT2D eigenvalue weighted by Gasteiger charge is -2.42. The molecule has 0 saturated carbocycles. The molecule has 0 bridgehead atoms. The summed E-state index contributed by atoms with van der Waals surface area (Å²) in [5.41, 5.74) is 0.903. The van der Waals surface area contributed by atoms with Gasteiger partial charge in [0.25, 0.3) is 0 Å². The fourth-order valence-corrected chi connectivity index (χ4v) is 4.32. The van der Waals surface area contributed by atoms with E-state index in [0.29, 0.717) is 24.4 Å². The lowest BCUT2D eigenvalue weighted by atomic mass is 9.70. The molecule has 2 fully saturated rings. The van der Waals surface area contributed by atoms with Crippen LogP contribution in [0.25, 0.3) is 0 Å². The van der Waals surface area contributed by atoms with Crippen molar-refractivity contribution < 1.29 is 9.53 Å². The molecule has 0 radical (unpaired) electrons. The van der Waals surface area contributed by atoms with E-state index >= 15 is 0 Å². The van der Waals surface area contributed by atoms with Crippen molar-refractivity contribution in [3.8, 4) is 0 Å². The highest BCUT2D eigenvalue weighted by molar-refractivity contribution is 5.83. The van der Waals surface area contributed by atoms with E-state index in [-0.39, 0.29) is 23.6 Å². The first-order valence-electron chi connectivity index (χ1n) is 8.41. The molecule has 3 nitrogen and oxygen atoms in total. The molecule has 0 aromatic heterocycles. The Labute approximate surface area is 133 Å². The number of rotatable bonds is 3. The molecule has 0 N–H and O–H groups in total. The second kappa shape index (κ2) is 5.38. The number of hydrogen-bond acceptors (Lipinski definition) is 2. The van der Waals surface area contributed by atoms with E-state index in [0.717, 1.165) is 5.56 Å². The Kier molecular flexibility index (Phi) is 3.80. The number of benzene rings is 1. The van der Waals surface area contributed by atoms with Crippen LogP contribution in [0.15, 0.2) is 30.3 Å². The minimum Gasteiger partial charge on any atom is -0.351 e. The van der Waals surface area contributed by atoms with Gasteiger partial charge < -0.3 is 9.64 Å². The summed E-state index contributed by atoms with van der Waals surface area (Å²) in [4.78, 5) is 15.0. The number of fused-ring (bicyclic) bond motifs is 1. The van der Waals surface area contributed by atoms with Crippen LogP contribution in [0.2, 0.25) is 0 Å². The van der Waals surface area contributed by atoms with Crippen molar-refractivity contribution >= 4 is 5.91 Å². The summed E-state index contributed by atoms with van der Waals surface area (Å²) >= 11 is 0. The second-order valence-corrected chi connectivity index (χ2v) is 7.38. The standard InChI is InChI=1S/C19H27NO2/c1-12(2)14(4)19-11-22-18(16-9-7-6-8-10-16)20(19)17(21)13(3)15(19)5/h6-10,12-15,18H,11H2,1-5H3/t13-,14+,15+,18?,19-/m1/s1. The summed E-state index contributed by atoms with van der Waals surface area (Å²) in [6.07, 6.45) is -0.234. The highest BCUT2D eigenvalue weighted by atomic mass is 16.5. The Bertz CT molecular complexity index is 556. The lowest BCUT2D eigenvalue weighted by molar-refractivity contribution is -0.139. The van der Waals surface area contributed by atoms with Crippen molar-refractivity contribution in [2.24, 2.45) is 23.7 Å². The van der Waals surface area contributed by atoms with Gasteiger partial charge in [-0.15, -0.1) is 0 Å². The fraction of sp³-hybridized carbons (Fsp3) is 0.632. The number of ether oxygens (including phenoxy) is 1. The van der Waals surface area contributed by atoms with Gasteiger partial charge in [-0.05, 0) is 17.8 Å². The van der Waals surface area contributed by atoms with Gasteiger partial charge in [0, 0.05) is 11.5 Å². The predicted molar refractivity (Wildman–Crippen MR) is 87.0 cm³/mol. The molecule has 2 heterocycles. The maximum absolute atomic E-state index is 13.0. The van der Waals surface area contributed by atoms with Crippen LogP contribution in [0.1, 0.15) is 46.4 Å². The Balaban J connectivity index is 2.06. The summed E-state index contributed by atoms with van der Waals surface area (Å²) in [6, 6.07) is 10.1. The van der Waals surface area contributed by atoms with Gasteiger partial charge >= 0.3 is 0 Å². The lowest BCUT2D eigenvalue weighted by Crippen LogP contribution is -2.53. The summed E-state index contributed by atoms with van der Waals surface area (Å²) in [5, 5.41) is 0. The Hall–Kier alpha value is -1.35. The molecule has 2 aliphatic rings. The maximum atomic E-state index is 13.0. The van der Waals surface area contributed by atoms with Crippen molar-refractivity contribution in [2.45, 2.75) is 46.4 Å². The molecule has 22 heavy (non-hydrogen) atoms. The van der Waals surface area contributed by atoms with Crippen LogP contribution in [0, 0.1) is 23.7 Å². The van der Waals surface area contributed by atoms with Gasteiger partial charge in [-0.1, -0.05) is 65.0 Å². The molecule has 3 heteroatoms. The first-order valence-corrected chi connectivity index (χ1v) is 8.41. The molecule has 2 saturated heterocycles. The first-order chi connectivity index (χ1) is 10.4. The van der Waals surface area contributed by atoms with E-state index < -0.39 is 0 Å². The van der Waals surface area contributed by atoms with Crippen LogP contribution < -0.4 is 0 Å². The largest absolute Gasteiger partial charge is 0.351 e. The average molecular weight is 301 g/mol. The SMILES string of the molecule is CC(C)[C@H](C)[C@@]12COC(c3ccccc3)N1C(=O)[C@H](C)[C@@H]2C.